The second kappa shape index (κ2) is 7.72. The molecule has 2 unspecified atom stereocenters. The second-order valence-electron chi connectivity index (χ2n) is 5.26. The van der Waals surface area contributed by atoms with Gasteiger partial charge in [-0.25, -0.2) is 4.79 Å². The maximum Gasteiger partial charge on any atom is 0.315 e. The highest BCUT2D eigenvalue weighted by atomic mass is 16.4. The van der Waals surface area contributed by atoms with Gasteiger partial charge in [0.1, 0.15) is 0 Å². The van der Waals surface area contributed by atoms with Crippen LogP contribution in [0.4, 0.5) is 4.79 Å². The molecule has 7 heteroatoms. The molecule has 0 aliphatic heterocycles. The molecular weight excluding hydrogens is 262 g/mol. The van der Waals surface area contributed by atoms with E-state index in [9.17, 15) is 14.4 Å². The first-order valence-corrected chi connectivity index (χ1v) is 6.96. The molecule has 0 aromatic heterocycles. The van der Waals surface area contributed by atoms with Crippen molar-refractivity contribution in [2.24, 2.45) is 5.92 Å². The van der Waals surface area contributed by atoms with Gasteiger partial charge in [-0.3, -0.25) is 9.59 Å². The Morgan fingerprint density at radius 2 is 1.90 bits per heavy atom. The number of hydrogen-bond acceptors (Lipinski definition) is 3. The van der Waals surface area contributed by atoms with E-state index in [2.05, 4.69) is 16.0 Å². The molecule has 20 heavy (non-hydrogen) atoms. The van der Waals surface area contributed by atoms with E-state index in [0.29, 0.717) is 25.4 Å². The minimum absolute atomic E-state index is 0.0163. The van der Waals surface area contributed by atoms with Gasteiger partial charge < -0.3 is 21.1 Å². The van der Waals surface area contributed by atoms with Gasteiger partial charge in [0.15, 0.2) is 0 Å². The van der Waals surface area contributed by atoms with Crippen molar-refractivity contribution in [1.82, 2.24) is 16.0 Å². The van der Waals surface area contributed by atoms with Crippen molar-refractivity contribution in [2.45, 2.75) is 51.6 Å². The molecule has 0 spiro atoms. The van der Waals surface area contributed by atoms with Crippen LogP contribution in [0.15, 0.2) is 0 Å². The van der Waals surface area contributed by atoms with Crippen molar-refractivity contribution in [3.63, 3.8) is 0 Å². The highest BCUT2D eigenvalue weighted by Gasteiger charge is 2.23. The van der Waals surface area contributed by atoms with E-state index in [1.807, 2.05) is 0 Å². The van der Waals surface area contributed by atoms with Gasteiger partial charge in [-0.15, -0.1) is 0 Å². The summed E-state index contributed by atoms with van der Waals surface area (Å²) >= 11 is 0. The van der Waals surface area contributed by atoms with Gasteiger partial charge >= 0.3 is 12.0 Å². The van der Waals surface area contributed by atoms with E-state index in [1.165, 1.54) is 6.92 Å². The van der Waals surface area contributed by atoms with E-state index in [1.54, 1.807) is 6.92 Å². The van der Waals surface area contributed by atoms with Crippen molar-refractivity contribution in [2.75, 3.05) is 6.54 Å². The largest absolute Gasteiger partial charge is 0.481 e. The first-order chi connectivity index (χ1) is 9.40. The van der Waals surface area contributed by atoms with Crippen molar-refractivity contribution in [1.29, 1.82) is 0 Å². The van der Waals surface area contributed by atoms with Gasteiger partial charge in [0.2, 0.25) is 5.91 Å². The van der Waals surface area contributed by atoms with Gasteiger partial charge in [-0.05, 0) is 33.1 Å². The quantitative estimate of drug-likeness (QED) is 0.486. The average molecular weight is 285 g/mol. The molecule has 0 aromatic carbocycles. The SMILES string of the molecule is CC(NC(=O)NCCCC(=O)NC1CC1)C(C)C(=O)O. The van der Waals surface area contributed by atoms with Crippen LogP contribution < -0.4 is 16.0 Å². The summed E-state index contributed by atoms with van der Waals surface area (Å²) in [6.45, 7) is 3.56. The van der Waals surface area contributed by atoms with Crippen LogP contribution in [0.5, 0.6) is 0 Å². The highest BCUT2D eigenvalue weighted by molar-refractivity contribution is 5.77. The Labute approximate surface area is 118 Å². The van der Waals surface area contributed by atoms with Crippen LogP contribution in [0.1, 0.15) is 39.5 Å². The van der Waals surface area contributed by atoms with Crippen molar-refractivity contribution in [3.8, 4) is 0 Å². The number of aliphatic carboxylic acids is 1. The van der Waals surface area contributed by atoms with Crippen LogP contribution in [0.3, 0.4) is 0 Å². The maximum atomic E-state index is 11.5. The zero-order chi connectivity index (χ0) is 15.1. The fraction of sp³-hybridized carbons (Fsp3) is 0.769. The number of amides is 3. The zero-order valence-corrected chi connectivity index (χ0v) is 11.9. The Hall–Kier alpha value is -1.79. The predicted molar refractivity (Wildman–Crippen MR) is 73.2 cm³/mol. The summed E-state index contributed by atoms with van der Waals surface area (Å²) in [5, 5.41) is 16.8. The molecule has 4 N–H and O–H groups in total. The Kier molecular flexibility index (Phi) is 6.27. The van der Waals surface area contributed by atoms with Crippen LogP contribution >= 0.6 is 0 Å². The Morgan fingerprint density at radius 1 is 1.25 bits per heavy atom. The van der Waals surface area contributed by atoms with Crippen LogP contribution in [-0.2, 0) is 9.59 Å². The van der Waals surface area contributed by atoms with Crippen molar-refractivity contribution < 1.29 is 19.5 Å². The second-order valence-corrected chi connectivity index (χ2v) is 5.26. The number of carbonyl (C=O) groups excluding carboxylic acids is 2. The van der Waals surface area contributed by atoms with Crippen LogP contribution in [0, 0.1) is 5.92 Å². The summed E-state index contributed by atoms with van der Waals surface area (Å²) in [6.07, 6.45) is 3.07. The molecule has 1 rings (SSSR count). The molecule has 0 bridgehead atoms. The summed E-state index contributed by atoms with van der Waals surface area (Å²) in [7, 11) is 0. The summed E-state index contributed by atoms with van der Waals surface area (Å²) in [5.41, 5.74) is 0. The average Bonchev–Trinajstić information content (AvgIpc) is 3.17. The third kappa shape index (κ3) is 6.40. The molecule has 7 nitrogen and oxygen atoms in total. The first-order valence-electron chi connectivity index (χ1n) is 6.96. The van der Waals surface area contributed by atoms with E-state index >= 15 is 0 Å². The van der Waals surface area contributed by atoms with E-state index in [0.717, 1.165) is 12.8 Å². The minimum atomic E-state index is -0.949. The summed E-state index contributed by atoms with van der Waals surface area (Å²) in [5.74, 6) is -1.58. The summed E-state index contributed by atoms with van der Waals surface area (Å²) in [6, 6.07) is -0.504. The Balaban J connectivity index is 2.07. The van der Waals surface area contributed by atoms with E-state index in [-0.39, 0.29) is 5.91 Å². The lowest BCUT2D eigenvalue weighted by atomic mass is 10.0. The Bertz CT molecular complexity index is 369. The number of carbonyl (C=O) groups is 3. The molecule has 1 fully saturated rings. The fourth-order valence-corrected chi connectivity index (χ4v) is 1.58. The molecule has 1 saturated carbocycles. The van der Waals surface area contributed by atoms with Crippen LogP contribution in [0.2, 0.25) is 0 Å². The Morgan fingerprint density at radius 3 is 2.45 bits per heavy atom. The van der Waals surface area contributed by atoms with Gasteiger partial charge in [0, 0.05) is 25.0 Å². The fourth-order valence-electron chi connectivity index (χ4n) is 1.58. The lowest BCUT2D eigenvalue weighted by molar-refractivity contribution is -0.141. The molecule has 0 heterocycles. The van der Waals surface area contributed by atoms with Gasteiger partial charge in [0.25, 0.3) is 0 Å². The van der Waals surface area contributed by atoms with E-state index in [4.69, 9.17) is 5.11 Å². The van der Waals surface area contributed by atoms with Crippen LogP contribution in [0.25, 0.3) is 0 Å². The predicted octanol–water partition coefficient (Wildman–Crippen LogP) is 0.454. The van der Waals surface area contributed by atoms with Crippen LogP contribution in [-0.4, -0.2) is 41.6 Å². The lowest BCUT2D eigenvalue weighted by Crippen LogP contribution is -2.45. The van der Waals surface area contributed by atoms with Crippen molar-refractivity contribution >= 4 is 17.9 Å². The number of carboxylic acid groups (broad SMARTS) is 1. The minimum Gasteiger partial charge on any atom is -0.481 e. The van der Waals surface area contributed by atoms with E-state index < -0.39 is 24.0 Å². The molecular formula is C13H23N3O4. The third-order valence-electron chi connectivity index (χ3n) is 3.31. The van der Waals surface area contributed by atoms with Crippen molar-refractivity contribution in [3.05, 3.63) is 0 Å². The zero-order valence-electron chi connectivity index (χ0n) is 11.9. The molecule has 0 saturated heterocycles. The molecule has 1 aliphatic rings. The first kappa shape index (κ1) is 16.3. The number of hydrogen-bond donors (Lipinski definition) is 4. The number of rotatable bonds is 8. The molecule has 0 radical (unpaired) electrons. The number of nitrogens with one attached hydrogen (secondary N) is 3. The smallest absolute Gasteiger partial charge is 0.315 e. The number of urea groups is 1. The van der Waals surface area contributed by atoms with Gasteiger partial charge in [0.05, 0.1) is 5.92 Å². The molecule has 0 aromatic rings. The molecule has 3 amide bonds. The summed E-state index contributed by atoms with van der Waals surface area (Å²) in [4.78, 5) is 33.6. The molecule has 1 aliphatic carbocycles. The highest BCUT2D eigenvalue weighted by Crippen LogP contribution is 2.18. The van der Waals surface area contributed by atoms with Gasteiger partial charge in [-0.2, -0.15) is 0 Å². The summed E-state index contributed by atoms with van der Waals surface area (Å²) < 4.78 is 0. The normalized spacial score (nSPS) is 16.9. The third-order valence-corrected chi connectivity index (χ3v) is 3.31. The lowest BCUT2D eigenvalue weighted by Gasteiger charge is -2.18. The molecule has 2 atom stereocenters. The number of carboxylic acids is 1. The molecule has 114 valence electrons. The topological polar surface area (TPSA) is 108 Å². The monoisotopic (exact) mass is 285 g/mol. The maximum absolute atomic E-state index is 11.5. The standard InChI is InChI=1S/C13H23N3O4/c1-8(12(18)19)9(2)15-13(20)14-7-3-4-11(17)16-10-5-6-10/h8-10H,3-7H2,1-2H3,(H,16,17)(H,18,19)(H2,14,15,20). The van der Waals surface area contributed by atoms with Gasteiger partial charge in [-0.1, -0.05) is 0 Å².